The van der Waals surface area contributed by atoms with Crippen molar-refractivity contribution in [2.24, 2.45) is 11.3 Å². The van der Waals surface area contributed by atoms with Crippen molar-refractivity contribution in [1.82, 2.24) is 5.43 Å². The van der Waals surface area contributed by atoms with Crippen LogP contribution in [-0.4, -0.2) is 5.91 Å². The maximum absolute atomic E-state index is 12.7. The number of benzene rings is 1. The topological polar surface area (TPSA) is 55.1 Å². The summed E-state index contributed by atoms with van der Waals surface area (Å²) >= 11 is 0. The highest BCUT2D eigenvalue weighted by molar-refractivity contribution is 5.84. The Kier molecular flexibility index (Phi) is 4.25. The Morgan fingerprint density at radius 2 is 1.84 bits per heavy atom. The average molecular weight is 274 g/mol. The van der Waals surface area contributed by atoms with Gasteiger partial charge in [-0.25, -0.2) is 5.84 Å². The van der Waals surface area contributed by atoms with Crippen molar-refractivity contribution in [3.63, 3.8) is 0 Å². The van der Waals surface area contributed by atoms with Crippen LogP contribution >= 0.6 is 0 Å². The predicted molar refractivity (Wildman–Crippen MR) is 66.0 cm³/mol. The molecule has 6 heteroatoms. The van der Waals surface area contributed by atoms with Crippen LogP contribution < -0.4 is 11.3 Å². The van der Waals surface area contributed by atoms with E-state index < -0.39 is 29.0 Å². The molecule has 0 aliphatic rings. The number of rotatable bonds is 2. The standard InChI is InChI=1S/C13H17F3N2O/c1-12(2,3)10(11(19)18-17)8-5-4-6-9(7-8)13(14,15)16/h4-7,10H,17H2,1-3H3,(H,18,19). The lowest BCUT2D eigenvalue weighted by Crippen LogP contribution is -2.40. The van der Waals surface area contributed by atoms with Crippen LogP contribution in [0.25, 0.3) is 0 Å². The molecule has 3 N–H and O–H groups in total. The van der Waals surface area contributed by atoms with E-state index in [-0.39, 0.29) is 0 Å². The SMILES string of the molecule is CC(C)(C)C(C(=O)NN)c1cccc(C(F)(F)F)c1. The molecule has 1 atom stereocenters. The first kappa shape index (κ1) is 15.5. The van der Waals surface area contributed by atoms with Crippen LogP contribution in [0.2, 0.25) is 0 Å². The highest BCUT2D eigenvalue weighted by Gasteiger charge is 2.35. The summed E-state index contributed by atoms with van der Waals surface area (Å²) in [4.78, 5) is 11.8. The largest absolute Gasteiger partial charge is 0.416 e. The van der Waals surface area contributed by atoms with E-state index >= 15 is 0 Å². The van der Waals surface area contributed by atoms with Gasteiger partial charge < -0.3 is 0 Å². The normalized spacial score (nSPS) is 14.1. The Morgan fingerprint density at radius 3 is 2.26 bits per heavy atom. The zero-order chi connectivity index (χ0) is 14.8. The molecule has 0 aliphatic heterocycles. The highest BCUT2D eigenvalue weighted by atomic mass is 19.4. The minimum atomic E-state index is -4.43. The van der Waals surface area contributed by atoms with Crippen LogP contribution in [0.3, 0.4) is 0 Å². The summed E-state index contributed by atoms with van der Waals surface area (Å²) in [7, 11) is 0. The van der Waals surface area contributed by atoms with E-state index in [4.69, 9.17) is 5.84 Å². The van der Waals surface area contributed by atoms with Crippen LogP contribution in [0.4, 0.5) is 13.2 Å². The Morgan fingerprint density at radius 1 is 1.26 bits per heavy atom. The van der Waals surface area contributed by atoms with Crippen LogP contribution in [0.15, 0.2) is 24.3 Å². The number of carbonyl (C=O) groups is 1. The summed E-state index contributed by atoms with van der Waals surface area (Å²) in [6, 6.07) is 4.76. The van der Waals surface area contributed by atoms with Crippen LogP contribution in [0, 0.1) is 5.41 Å². The van der Waals surface area contributed by atoms with Gasteiger partial charge in [-0.05, 0) is 17.0 Å². The van der Waals surface area contributed by atoms with Gasteiger partial charge in [0.05, 0.1) is 11.5 Å². The van der Waals surface area contributed by atoms with Crippen molar-refractivity contribution < 1.29 is 18.0 Å². The van der Waals surface area contributed by atoms with Crippen molar-refractivity contribution in [2.75, 3.05) is 0 Å². The number of hydrogen-bond donors (Lipinski definition) is 2. The van der Waals surface area contributed by atoms with Crippen LogP contribution in [-0.2, 0) is 11.0 Å². The summed E-state index contributed by atoms with van der Waals surface area (Å²) in [6.07, 6.45) is -4.43. The van der Waals surface area contributed by atoms with Gasteiger partial charge in [0, 0.05) is 0 Å². The van der Waals surface area contributed by atoms with E-state index in [1.807, 2.05) is 5.43 Å². The monoisotopic (exact) mass is 274 g/mol. The van der Waals surface area contributed by atoms with Crippen molar-refractivity contribution in [3.8, 4) is 0 Å². The predicted octanol–water partition coefficient (Wildman–Crippen LogP) is 2.83. The average Bonchev–Trinajstić information content (AvgIpc) is 2.26. The summed E-state index contributed by atoms with van der Waals surface area (Å²) in [5.74, 6) is 3.85. The Balaban J connectivity index is 3.29. The molecule has 1 aromatic rings. The molecule has 1 rings (SSSR count). The number of nitrogens with one attached hydrogen (secondary N) is 1. The summed E-state index contributed by atoms with van der Waals surface area (Å²) in [5.41, 5.74) is 0.983. The third-order valence-corrected chi connectivity index (χ3v) is 2.82. The molecule has 0 heterocycles. The minimum absolute atomic E-state index is 0.297. The molecule has 0 saturated heterocycles. The van der Waals surface area contributed by atoms with Gasteiger partial charge in [-0.3, -0.25) is 10.2 Å². The number of carbonyl (C=O) groups excluding carboxylic acids is 1. The van der Waals surface area contributed by atoms with Gasteiger partial charge >= 0.3 is 6.18 Å². The summed E-state index contributed by atoms with van der Waals surface area (Å²) < 4.78 is 38.1. The van der Waals surface area contributed by atoms with E-state index in [9.17, 15) is 18.0 Å². The Bertz CT molecular complexity index is 464. The molecular formula is C13H17F3N2O. The molecule has 0 fully saturated rings. The van der Waals surface area contributed by atoms with Crippen molar-refractivity contribution in [1.29, 1.82) is 0 Å². The Labute approximate surface area is 110 Å². The molecule has 1 aromatic carbocycles. The number of halogens is 3. The molecule has 0 saturated carbocycles. The van der Waals surface area contributed by atoms with Crippen LogP contribution in [0.5, 0.6) is 0 Å². The van der Waals surface area contributed by atoms with Gasteiger partial charge in [0.1, 0.15) is 0 Å². The molecule has 1 amide bonds. The van der Waals surface area contributed by atoms with Gasteiger partial charge in [0.2, 0.25) is 5.91 Å². The van der Waals surface area contributed by atoms with Gasteiger partial charge in [-0.2, -0.15) is 13.2 Å². The lowest BCUT2D eigenvalue weighted by molar-refractivity contribution is -0.137. The first-order valence-electron chi connectivity index (χ1n) is 5.75. The molecule has 0 aromatic heterocycles. The van der Waals surface area contributed by atoms with E-state index in [1.165, 1.54) is 12.1 Å². The van der Waals surface area contributed by atoms with Crippen molar-refractivity contribution in [3.05, 3.63) is 35.4 Å². The fourth-order valence-corrected chi connectivity index (χ4v) is 2.02. The second-order valence-electron chi connectivity index (χ2n) is 5.43. The maximum atomic E-state index is 12.7. The second kappa shape index (κ2) is 5.21. The zero-order valence-corrected chi connectivity index (χ0v) is 11.0. The summed E-state index contributed by atoms with van der Waals surface area (Å²) in [5, 5.41) is 0. The third-order valence-electron chi connectivity index (χ3n) is 2.82. The molecule has 0 aliphatic carbocycles. The van der Waals surface area contributed by atoms with E-state index in [2.05, 4.69) is 0 Å². The van der Waals surface area contributed by atoms with E-state index in [0.717, 1.165) is 12.1 Å². The number of amides is 1. The van der Waals surface area contributed by atoms with E-state index in [1.54, 1.807) is 20.8 Å². The van der Waals surface area contributed by atoms with E-state index in [0.29, 0.717) is 5.56 Å². The molecule has 0 radical (unpaired) electrons. The molecular weight excluding hydrogens is 257 g/mol. The first-order valence-corrected chi connectivity index (χ1v) is 5.75. The molecule has 19 heavy (non-hydrogen) atoms. The fraction of sp³-hybridized carbons (Fsp3) is 0.462. The first-order chi connectivity index (χ1) is 8.57. The lowest BCUT2D eigenvalue weighted by Gasteiger charge is -2.29. The molecule has 0 spiro atoms. The second-order valence-corrected chi connectivity index (χ2v) is 5.43. The maximum Gasteiger partial charge on any atom is 0.416 e. The molecule has 1 unspecified atom stereocenters. The van der Waals surface area contributed by atoms with Crippen molar-refractivity contribution >= 4 is 5.91 Å². The molecule has 106 valence electrons. The smallest absolute Gasteiger partial charge is 0.294 e. The van der Waals surface area contributed by atoms with Gasteiger partial charge in [0.15, 0.2) is 0 Å². The number of nitrogens with two attached hydrogens (primary N) is 1. The van der Waals surface area contributed by atoms with Crippen LogP contribution in [0.1, 0.15) is 37.8 Å². The lowest BCUT2D eigenvalue weighted by atomic mass is 9.75. The summed E-state index contributed by atoms with van der Waals surface area (Å²) in [6.45, 7) is 5.31. The Hall–Kier alpha value is -1.56. The van der Waals surface area contributed by atoms with Gasteiger partial charge in [-0.15, -0.1) is 0 Å². The number of alkyl halides is 3. The fourth-order valence-electron chi connectivity index (χ4n) is 2.02. The molecule has 0 bridgehead atoms. The third kappa shape index (κ3) is 3.70. The number of hydrazine groups is 1. The van der Waals surface area contributed by atoms with Gasteiger partial charge in [-0.1, -0.05) is 39.0 Å². The highest BCUT2D eigenvalue weighted by Crippen LogP contribution is 2.37. The zero-order valence-electron chi connectivity index (χ0n) is 11.0. The quantitative estimate of drug-likeness (QED) is 0.495. The molecule has 3 nitrogen and oxygen atoms in total. The number of hydrogen-bond acceptors (Lipinski definition) is 2. The van der Waals surface area contributed by atoms with Crippen molar-refractivity contribution in [2.45, 2.75) is 32.9 Å². The van der Waals surface area contributed by atoms with Gasteiger partial charge in [0.25, 0.3) is 0 Å². The minimum Gasteiger partial charge on any atom is -0.294 e.